The number of piperidine rings is 1. The molecule has 0 atom stereocenters. The molecule has 1 aliphatic heterocycles. The van der Waals surface area contributed by atoms with E-state index in [1.54, 1.807) is 0 Å². The molecule has 0 bridgehead atoms. The van der Waals surface area contributed by atoms with E-state index in [-0.39, 0.29) is 5.91 Å². The molecular weight excluding hydrogens is 288 g/mol. The smallest absolute Gasteiger partial charge is 0.220 e. The maximum Gasteiger partial charge on any atom is 0.220 e. The lowest BCUT2D eigenvalue weighted by atomic mass is 10.1. The third-order valence-electron chi connectivity index (χ3n) is 4.23. The van der Waals surface area contributed by atoms with E-state index in [0.29, 0.717) is 13.0 Å². The molecule has 1 aromatic rings. The predicted molar refractivity (Wildman–Crippen MR) is 93.7 cm³/mol. The van der Waals surface area contributed by atoms with E-state index in [1.165, 1.54) is 45.3 Å². The average molecular weight is 318 g/mol. The van der Waals surface area contributed by atoms with Crippen LogP contribution in [0.1, 0.15) is 44.9 Å². The topological polar surface area (TPSA) is 41.6 Å². The van der Waals surface area contributed by atoms with Crippen LogP contribution in [0.3, 0.4) is 0 Å². The Hall–Kier alpha value is -1.55. The van der Waals surface area contributed by atoms with Gasteiger partial charge in [-0.25, -0.2) is 0 Å². The van der Waals surface area contributed by atoms with E-state index >= 15 is 0 Å². The number of likely N-dealkylation sites (tertiary alicyclic amines) is 1. The number of nitrogens with zero attached hydrogens (tertiary/aromatic N) is 1. The monoisotopic (exact) mass is 318 g/mol. The molecule has 0 radical (unpaired) electrons. The Balaban J connectivity index is 1.41. The van der Waals surface area contributed by atoms with E-state index in [2.05, 4.69) is 10.2 Å². The van der Waals surface area contributed by atoms with Crippen LogP contribution in [0.4, 0.5) is 0 Å². The molecule has 1 fully saturated rings. The third kappa shape index (κ3) is 8.03. The molecule has 0 aromatic heterocycles. The normalized spacial score (nSPS) is 15.3. The fraction of sp³-hybridized carbons (Fsp3) is 0.632. The first-order valence-corrected chi connectivity index (χ1v) is 9.01. The number of ether oxygens (including phenoxy) is 1. The zero-order chi connectivity index (χ0) is 16.2. The van der Waals surface area contributed by atoms with Crippen LogP contribution >= 0.6 is 0 Å². The number of hydrogen-bond donors (Lipinski definition) is 1. The van der Waals surface area contributed by atoms with Crippen molar-refractivity contribution in [1.82, 2.24) is 10.2 Å². The highest BCUT2D eigenvalue weighted by molar-refractivity contribution is 5.75. The fourth-order valence-electron chi connectivity index (χ4n) is 2.90. The van der Waals surface area contributed by atoms with Crippen LogP contribution < -0.4 is 10.1 Å². The number of carbonyl (C=O) groups is 1. The van der Waals surface area contributed by atoms with Crippen LogP contribution in [0.5, 0.6) is 5.75 Å². The summed E-state index contributed by atoms with van der Waals surface area (Å²) < 4.78 is 5.58. The molecule has 2 rings (SSSR count). The minimum Gasteiger partial charge on any atom is -0.494 e. The van der Waals surface area contributed by atoms with Crippen molar-refractivity contribution >= 4 is 5.91 Å². The third-order valence-corrected chi connectivity index (χ3v) is 4.23. The van der Waals surface area contributed by atoms with Crippen LogP contribution in [-0.2, 0) is 4.79 Å². The predicted octanol–water partition coefficient (Wildman–Crippen LogP) is 3.23. The van der Waals surface area contributed by atoms with Crippen molar-refractivity contribution in [2.24, 2.45) is 0 Å². The van der Waals surface area contributed by atoms with Gasteiger partial charge in [-0.2, -0.15) is 0 Å². The molecule has 1 saturated heterocycles. The molecule has 1 aromatic carbocycles. The van der Waals surface area contributed by atoms with E-state index in [0.717, 1.165) is 25.1 Å². The van der Waals surface area contributed by atoms with Crippen molar-refractivity contribution in [2.45, 2.75) is 44.9 Å². The molecule has 4 nitrogen and oxygen atoms in total. The summed E-state index contributed by atoms with van der Waals surface area (Å²) in [5, 5.41) is 3.01. The van der Waals surface area contributed by atoms with Gasteiger partial charge in [0.25, 0.3) is 0 Å². The molecule has 1 amide bonds. The number of benzene rings is 1. The number of rotatable bonds is 10. The quantitative estimate of drug-likeness (QED) is 0.674. The summed E-state index contributed by atoms with van der Waals surface area (Å²) in [6.07, 6.45) is 7.64. The first kappa shape index (κ1) is 17.8. The second-order valence-corrected chi connectivity index (χ2v) is 6.22. The Morgan fingerprint density at radius 1 is 1.04 bits per heavy atom. The Morgan fingerprint density at radius 2 is 1.83 bits per heavy atom. The van der Waals surface area contributed by atoms with Crippen molar-refractivity contribution in [2.75, 3.05) is 32.8 Å². The Labute approximate surface area is 140 Å². The van der Waals surface area contributed by atoms with E-state index in [4.69, 9.17) is 4.74 Å². The highest BCUT2D eigenvalue weighted by Gasteiger charge is 2.08. The molecule has 128 valence electrons. The van der Waals surface area contributed by atoms with Gasteiger partial charge in [-0.3, -0.25) is 4.79 Å². The zero-order valence-electron chi connectivity index (χ0n) is 14.1. The van der Waals surface area contributed by atoms with E-state index < -0.39 is 0 Å². The van der Waals surface area contributed by atoms with Crippen LogP contribution in [-0.4, -0.2) is 43.6 Å². The first-order chi connectivity index (χ1) is 11.3. The molecule has 1 aliphatic rings. The summed E-state index contributed by atoms with van der Waals surface area (Å²) in [5.41, 5.74) is 0. The minimum atomic E-state index is 0.139. The fourth-order valence-corrected chi connectivity index (χ4v) is 2.90. The number of para-hydroxylation sites is 1. The largest absolute Gasteiger partial charge is 0.494 e. The van der Waals surface area contributed by atoms with E-state index in [1.807, 2.05) is 30.3 Å². The van der Waals surface area contributed by atoms with Crippen molar-refractivity contribution < 1.29 is 9.53 Å². The minimum absolute atomic E-state index is 0.139. The lowest BCUT2D eigenvalue weighted by Gasteiger charge is -2.26. The molecular formula is C19H30N2O2. The van der Waals surface area contributed by atoms with Crippen LogP contribution in [0.15, 0.2) is 30.3 Å². The average Bonchev–Trinajstić information content (AvgIpc) is 2.60. The van der Waals surface area contributed by atoms with Crippen LogP contribution in [0, 0.1) is 0 Å². The van der Waals surface area contributed by atoms with Gasteiger partial charge in [-0.15, -0.1) is 0 Å². The van der Waals surface area contributed by atoms with Gasteiger partial charge in [0, 0.05) is 13.0 Å². The van der Waals surface area contributed by atoms with E-state index in [9.17, 15) is 4.79 Å². The summed E-state index contributed by atoms with van der Waals surface area (Å²) >= 11 is 0. The van der Waals surface area contributed by atoms with Crippen molar-refractivity contribution in [3.63, 3.8) is 0 Å². The molecule has 0 saturated carbocycles. The lowest BCUT2D eigenvalue weighted by Crippen LogP contribution is -2.31. The van der Waals surface area contributed by atoms with Gasteiger partial charge in [0.05, 0.1) is 6.61 Å². The number of unbranched alkanes of at least 4 members (excludes halogenated alkanes) is 1. The molecule has 1 N–H and O–H groups in total. The molecule has 4 heteroatoms. The van der Waals surface area contributed by atoms with Gasteiger partial charge in [0.2, 0.25) is 5.91 Å². The van der Waals surface area contributed by atoms with Crippen molar-refractivity contribution in [3.8, 4) is 5.75 Å². The maximum atomic E-state index is 11.7. The van der Waals surface area contributed by atoms with Gasteiger partial charge in [-0.1, -0.05) is 24.6 Å². The molecule has 23 heavy (non-hydrogen) atoms. The molecule has 1 heterocycles. The number of hydrogen-bond acceptors (Lipinski definition) is 3. The van der Waals surface area contributed by atoms with Gasteiger partial charge < -0.3 is 15.0 Å². The Kier molecular flexibility index (Phi) is 8.56. The summed E-state index contributed by atoms with van der Waals surface area (Å²) in [6.45, 7) is 5.08. The van der Waals surface area contributed by atoms with Gasteiger partial charge in [0.15, 0.2) is 0 Å². The number of amides is 1. The van der Waals surface area contributed by atoms with Crippen LogP contribution in [0.25, 0.3) is 0 Å². The SMILES string of the molecule is O=C(CCCOc1ccccc1)NCCCCN1CCCCC1. The molecule has 0 spiro atoms. The standard InChI is InChI=1S/C19H30N2O2/c22-19(12-9-17-23-18-10-3-1-4-11-18)20-13-5-8-16-21-14-6-2-7-15-21/h1,3-4,10-11H,2,5-9,12-17H2,(H,20,22). The Morgan fingerprint density at radius 3 is 2.61 bits per heavy atom. The van der Waals surface area contributed by atoms with Crippen LogP contribution in [0.2, 0.25) is 0 Å². The highest BCUT2D eigenvalue weighted by Crippen LogP contribution is 2.10. The lowest BCUT2D eigenvalue weighted by molar-refractivity contribution is -0.121. The first-order valence-electron chi connectivity index (χ1n) is 9.01. The number of carbonyl (C=O) groups excluding carboxylic acids is 1. The molecule has 0 aliphatic carbocycles. The van der Waals surface area contributed by atoms with Crippen molar-refractivity contribution in [3.05, 3.63) is 30.3 Å². The maximum absolute atomic E-state index is 11.7. The second kappa shape index (κ2) is 11.1. The Bertz CT molecular complexity index is 430. The summed E-state index contributed by atoms with van der Waals surface area (Å²) in [5.74, 6) is 1.00. The summed E-state index contributed by atoms with van der Waals surface area (Å²) in [6, 6.07) is 9.73. The second-order valence-electron chi connectivity index (χ2n) is 6.22. The van der Waals surface area contributed by atoms with Crippen molar-refractivity contribution in [1.29, 1.82) is 0 Å². The van der Waals surface area contributed by atoms with Gasteiger partial charge in [0.1, 0.15) is 5.75 Å². The number of nitrogens with one attached hydrogen (secondary N) is 1. The molecule has 0 unspecified atom stereocenters. The van der Waals surface area contributed by atoms with Gasteiger partial charge >= 0.3 is 0 Å². The van der Waals surface area contributed by atoms with Gasteiger partial charge in [-0.05, 0) is 63.9 Å². The summed E-state index contributed by atoms with van der Waals surface area (Å²) in [7, 11) is 0. The zero-order valence-corrected chi connectivity index (χ0v) is 14.1. The highest BCUT2D eigenvalue weighted by atomic mass is 16.5. The summed E-state index contributed by atoms with van der Waals surface area (Å²) in [4.78, 5) is 14.3.